The number of carbonyl (C=O) groups excluding carboxylic acids is 4. The third kappa shape index (κ3) is 13.0. The number of nitrogens with two attached hydrogens (primary N) is 1. The molecule has 2 aromatic carbocycles. The number of nitro groups is 1. The number of carbonyl (C=O) groups is 4. The summed E-state index contributed by atoms with van der Waals surface area (Å²) in [6.45, 7) is 2.11. The van der Waals surface area contributed by atoms with Crippen molar-refractivity contribution >= 4 is 46.0 Å². The number of hydrogen-bond acceptors (Lipinski definition) is 9. The zero-order valence-electron chi connectivity index (χ0n) is 20.2. The molecule has 2 aromatic rings. The lowest BCUT2D eigenvalue weighted by Gasteiger charge is -2.12. The van der Waals surface area contributed by atoms with Gasteiger partial charge in [0.15, 0.2) is 0 Å². The first kappa shape index (κ1) is 30.9. The van der Waals surface area contributed by atoms with Gasteiger partial charge in [-0.3, -0.25) is 24.6 Å². The van der Waals surface area contributed by atoms with Crippen LogP contribution in [0.3, 0.4) is 0 Å². The molecule has 0 fully saturated rings. The first-order valence-corrected chi connectivity index (χ1v) is 11.5. The summed E-state index contributed by atoms with van der Waals surface area (Å²) in [4.78, 5) is 54.0. The minimum atomic E-state index is -0.978. The van der Waals surface area contributed by atoms with Crippen LogP contribution in [0.5, 0.6) is 5.75 Å². The van der Waals surface area contributed by atoms with Gasteiger partial charge in [0.2, 0.25) is 0 Å². The largest absolute Gasteiger partial charge is 0.414 e. The number of nitro benzene ring substituents is 1. The molecule has 1 heterocycles. The maximum Gasteiger partial charge on any atom is 0.409 e. The van der Waals surface area contributed by atoms with Crippen molar-refractivity contribution in [3.8, 4) is 5.75 Å². The van der Waals surface area contributed by atoms with Gasteiger partial charge in [0.05, 0.1) is 11.5 Å². The number of anilines is 1. The Morgan fingerprint density at radius 1 is 1.00 bits per heavy atom. The highest BCUT2D eigenvalue weighted by Crippen LogP contribution is 2.17. The van der Waals surface area contributed by atoms with E-state index in [9.17, 15) is 29.3 Å². The SMILES string of the molecule is CC(=O)CCCCCN1C(=O)C=CC1=O.Nc1ccc(CO)cc1.O=C(Cl)Oc1ccc([N+](=O)[O-])cc1. The van der Waals surface area contributed by atoms with Crippen LogP contribution in [-0.4, -0.2) is 44.5 Å². The van der Waals surface area contributed by atoms with Crippen molar-refractivity contribution in [2.45, 2.75) is 39.2 Å². The highest BCUT2D eigenvalue weighted by Gasteiger charge is 2.22. The number of ketones is 1. The van der Waals surface area contributed by atoms with Gasteiger partial charge >= 0.3 is 5.43 Å². The van der Waals surface area contributed by atoms with Gasteiger partial charge in [-0.05, 0) is 49.6 Å². The molecule has 1 aliphatic rings. The molecule has 198 valence electrons. The number of benzene rings is 2. The van der Waals surface area contributed by atoms with Crippen molar-refractivity contribution in [3.05, 3.63) is 76.4 Å². The molecule has 0 bridgehead atoms. The predicted octanol–water partition coefficient (Wildman–Crippen LogP) is 4.15. The van der Waals surface area contributed by atoms with Crippen LogP contribution in [0.25, 0.3) is 0 Å². The van der Waals surface area contributed by atoms with Crippen LogP contribution in [0.1, 0.15) is 38.2 Å². The van der Waals surface area contributed by atoms with Gasteiger partial charge in [0.25, 0.3) is 17.5 Å². The van der Waals surface area contributed by atoms with Crippen LogP contribution in [0.15, 0.2) is 60.7 Å². The Hall–Kier alpha value is -4.09. The van der Waals surface area contributed by atoms with E-state index < -0.39 is 10.4 Å². The number of nitrogens with zero attached hydrogens (tertiary/aromatic N) is 2. The normalized spacial score (nSPS) is 11.7. The van der Waals surface area contributed by atoms with E-state index in [4.69, 9.17) is 22.4 Å². The number of aliphatic hydroxyl groups excluding tert-OH is 1. The van der Waals surface area contributed by atoms with E-state index in [2.05, 4.69) is 4.74 Å². The van der Waals surface area contributed by atoms with Crippen LogP contribution in [0.2, 0.25) is 0 Å². The second kappa shape index (κ2) is 16.6. The summed E-state index contributed by atoms with van der Waals surface area (Å²) >= 11 is 4.92. The van der Waals surface area contributed by atoms with Crippen molar-refractivity contribution in [1.82, 2.24) is 4.90 Å². The van der Waals surface area contributed by atoms with Crippen LogP contribution in [-0.2, 0) is 21.0 Å². The molecule has 0 unspecified atom stereocenters. The van der Waals surface area contributed by atoms with Crippen molar-refractivity contribution in [3.63, 3.8) is 0 Å². The summed E-state index contributed by atoms with van der Waals surface area (Å²) < 4.78 is 4.45. The number of non-ortho nitro benzene ring substituents is 1. The number of rotatable bonds is 9. The smallest absolute Gasteiger partial charge is 0.409 e. The van der Waals surface area contributed by atoms with Gasteiger partial charge in [0, 0.05) is 54.5 Å². The van der Waals surface area contributed by atoms with Gasteiger partial charge in [0.1, 0.15) is 11.5 Å². The highest BCUT2D eigenvalue weighted by molar-refractivity contribution is 6.61. The topological polar surface area (TPSA) is 170 Å². The average molecular weight is 534 g/mol. The number of unbranched alkanes of at least 4 members (excludes halogenated alkanes) is 2. The summed E-state index contributed by atoms with van der Waals surface area (Å²) in [6.07, 6.45) is 5.64. The van der Waals surface area contributed by atoms with Crippen LogP contribution >= 0.6 is 11.6 Å². The third-order valence-corrected chi connectivity index (χ3v) is 4.80. The van der Waals surface area contributed by atoms with E-state index in [-0.39, 0.29) is 35.6 Å². The molecular formula is C25H28ClN3O8. The number of amides is 2. The molecule has 12 heteroatoms. The molecule has 3 rings (SSSR count). The van der Waals surface area contributed by atoms with Crippen LogP contribution < -0.4 is 10.5 Å². The maximum atomic E-state index is 11.1. The quantitative estimate of drug-likeness (QED) is 0.120. The Kier molecular flexibility index (Phi) is 13.8. The average Bonchev–Trinajstić information content (AvgIpc) is 3.17. The van der Waals surface area contributed by atoms with Crippen LogP contribution in [0.4, 0.5) is 16.2 Å². The monoisotopic (exact) mass is 533 g/mol. The van der Waals surface area contributed by atoms with Crippen molar-refractivity contribution < 1.29 is 33.9 Å². The highest BCUT2D eigenvalue weighted by atomic mass is 35.5. The van der Waals surface area contributed by atoms with Gasteiger partial charge in [-0.25, -0.2) is 4.79 Å². The molecule has 0 atom stereocenters. The molecular weight excluding hydrogens is 506 g/mol. The Bertz CT molecular complexity index is 1080. The summed E-state index contributed by atoms with van der Waals surface area (Å²) in [5, 5.41) is 18.8. The lowest BCUT2D eigenvalue weighted by molar-refractivity contribution is -0.384. The van der Waals surface area contributed by atoms with Crippen LogP contribution in [0, 0.1) is 10.1 Å². The first-order chi connectivity index (χ1) is 17.5. The number of aliphatic hydroxyl groups is 1. The number of Topliss-reactive ketones (excluding diaryl/α,β-unsaturated/α-hetero) is 1. The number of hydrogen-bond donors (Lipinski definition) is 2. The number of halogens is 1. The molecule has 0 aromatic heterocycles. The predicted molar refractivity (Wildman–Crippen MR) is 137 cm³/mol. The fraction of sp³-hybridized carbons (Fsp3) is 0.280. The summed E-state index contributed by atoms with van der Waals surface area (Å²) in [7, 11) is 0. The van der Waals surface area contributed by atoms with E-state index in [0.29, 0.717) is 13.0 Å². The Balaban J connectivity index is 0.000000286. The lowest BCUT2D eigenvalue weighted by Crippen LogP contribution is -2.30. The van der Waals surface area contributed by atoms with E-state index in [1.165, 1.54) is 41.3 Å². The molecule has 0 saturated carbocycles. The Morgan fingerprint density at radius 2 is 1.57 bits per heavy atom. The molecule has 3 N–H and O–H groups in total. The molecule has 11 nitrogen and oxygen atoms in total. The molecule has 1 aliphatic heterocycles. The van der Waals surface area contributed by atoms with Crippen molar-refractivity contribution in [2.75, 3.05) is 12.3 Å². The Labute approximate surface area is 218 Å². The van der Waals surface area contributed by atoms with E-state index in [1.807, 2.05) is 0 Å². The third-order valence-electron chi connectivity index (χ3n) is 4.72. The molecule has 0 spiro atoms. The molecule has 0 saturated heterocycles. The standard InChI is InChI=1S/C11H15NO3.C7H4ClNO4.C7H9NO/c1-9(13)5-3-2-4-8-12-10(14)6-7-11(12)15;8-7(10)13-6-3-1-5(2-4-6)9(11)12;8-7-3-1-6(5-9)2-4-7/h6-7H,2-5,8H2,1H3;1-4H;1-4,9H,5,8H2. The fourth-order valence-electron chi connectivity index (χ4n) is 2.82. The maximum absolute atomic E-state index is 11.1. The zero-order valence-corrected chi connectivity index (χ0v) is 20.9. The first-order valence-electron chi connectivity index (χ1n) is 11.1. The second-order valence-electron chi connectivity index (χ2n) is 7.66. The van der Waals surface area contributed by atoms with Crippen molar-refractivity contribution in [2.24, 2.45) is 0 Å². The Morgan fingerprint density at radius 3 is 2.03 bits per heavy atom. The number of ether oxygens (including phenoxy) is 1. The molecule has 37 heavy (non-hydrogen) atoms. The molecule has 2 amide bonds. The lowest BCUT2D eigenvalue weighted by atomic mass is 10.1. The number of nitrogen functional groups attached to an aromatic ring is 1. The second-order valence-corrected chi connectivity index (χ2v) is 7.97. The van der Waals surface area contributed by atoms with E-state index in [1.54, 1.807) is 31.2 Å². The van der Waals surface area contributed by atoms with Gasteiger partial charge in [-0.15, -0.1) is 0 Å². The fourth-order valence-corrected chi connectivity index (χ4v) is 2.91. The van der Waals surface area contributed by atoms with Gasteiger partial charge in [-0.1, -0.05) is 18.6 Å². The van der Waals surface area contributed by atoms with Gasteiger partial charge < -0.3 is 20.4 Å². The minimum absolute atomic E-state index is 0.0747. The molecule has 0 aliphatic carbocycles. The van der Waals surface area contributed by atoms with Gasteiger partial charge in [-0.2, -0.15) is 0 Å². The molecule has 0 radical (unpaired) electrons. The zero-order chi connectivity index (χ0) is 27.8. The van der Waals surface area contributed by atoms with Crippen molar-refractivity contribution in [1.29, 1.82) is 0 Å². The van der Waals surface area contributed by atoms with E-state index in [0.717, 1.165) is 30.5 Å². The summed E-state index contributed by atoms with van der Waals surface area (Å²) in [6, 6.07) is 12.2. The summed E-state index contributed by atoms with van der Waals surface area (Å²) in [5.74, 6) is -0.103. The summed E-state index contributed by atoms with van der Waals surface area (Å²) in [5.41, 5.74) is 5.97. The van der Waals surface area contributed by atoms with E-state index >= 15 is 0 Å². The number of imide groups is 1. The minimum Gasteiger partial charge on any atom is -0.414 e.